The molecule has 0 aromatic heterocycles. The average Bonchev–Trinajstić information content (AvgIpc) is 2.11. The molecule has 0 atom stereocenters. The van der Waals surface area contributed by atoms with Crippen LogP contribution in [0.15, 0.2) is 11.6 Å². The smallest absolute Gasteiger partial charge is 0.164 e. The van der Waals surface area contributed by atoms with Gasteiger partial charge in [-0.25, -0.2) is 0 Å². The minimum absolute atomic E-state index is 0.146. The summed E-state index contributed by atoms with van der Waals surface area (Å²) in [6.45, 7) is 6.52. The van der Waals surface area contributed by atoms with E-state index in [4.69, 9.17) is 0 Å². The lowest BCUT2D eigenvalue weighted by atomic mass is 9.97. The Morgan fingerprint density at radius 3 is 2.12 bits per heavy atom. The summed E-state index contributed by atoms with van der Waals surface area (Å²) in [4.78, 5) is 22.1. The first-order valence-corrected chi connectivity index (χ1v) is 5.64. The summed E-state index contributed by atoms with van der Waals surface area (Å²) in [5.74, 6) is 0.0310. The molecule has 0 fully saturated rings. The van der Waals surface area contributed by atoms with Gasteiger partial charge in [0.2, 0.25) is 0 Å². The quantitative estimate of drug-likeness (QED) is 0.678. The number of hydrogen-bond donors (Lipinski definition) is 1. The largest absolute Gasteiger partial charge is 0.383 e. The summed E-state index contributed by atoms with van der Waals surface area (Å²) in [6, 6.07) is 0. The molecule has 0 saturated carbocycles. The molecule has 0 bridgehead atoms. The molecule has 0 heterocycles. The van der Waals surface area contributed by atoms with E-state index in [-0.39, 0.29) is 11.6 Å². The molecule has 0 aromatic carbocycles. The maximum atomic E-state index is 11.4. The molecule has 0 aliphatic heterocycles. The van der Waals surface area contributed by atoms with Crippen molar-refractivity contribution in [2.45, 2.75) is 59.0 Å². The van der Waals surface area contributed by atoms with E-state index in [1.54, 1.807) is 6.92 Å². The molecular formula is C13H22O3. The van der Waals surface area contributed by atoms with Crippen molar-refractivity contribution in [3.05, 3.63) is 11.6 Å². The van der Waals surface area contributed by atoms with Crippen LogP contribution < -0.4 is 0 Å². The summed E-state index contributed by atoms with van der Waals surface area (Å²) >= 11 is 0. The minimum atomic E-state index is -1.24. The fourth-order valence-corrected chi connectivity index (χ4v) is 1.24. The summed E-state index contributed by atoms with van der Waals surface area (Å²) < 4.78 is 0. The molecule has 1 N–H and O–H groups in total. The van der Waals surface area contributed by atoms with Crippen LogP contribution in [0.1, 0.15) is 53.4 Å². The number of carbonyl (C=O) groups is 2. The molecule has 0 rings (SSSR count). The SMILES string of the molecule is CC(=O)CCC=C(C)CCC(=O)C(C)(C)O. The molecule has 3 heteroatoms. The van der Waals surface area contributed by atoms with E-state index >= 15 is 0 Å². The van der Waals surface area contributed by atoms with Crippen LogP contribution in [-0.4, -0.2) is 22.3 Å². The van der Waals surface area contributed by atoms with Gasteiger partial charge in [-0.1, -0.05) is 11.6 Å². The number of Topliss-reactive ketones (excluding diaryl/α,β-unsaturated/α-hetero) is 2. The van der Waals surface area contributed by atoms with Gasteiger partial charge in [0.15, 0.2) is 5.78 Å². The first-order valence-electron chi connectivity index (χ1n) is 5.64. The Bertz CT molecular complexity index is 282. The molecule has 0 amide bonds. The lowest BCUT2D eigenvalue weighted by Gasteiger charge is -2.15. The van der Waals surface area contributed by atoms with Gasteiger partial charge < -0.3 is 9.90 Å². The van der Waals surface area contributed by atoms with Crippen molar-refractivity contribution in [3.63, 3.8) is 0 Å². The second-order valence-electron chi connectivity index (χ2n) is 4.77. The Balaban J connectivity index is 3.93. The van der Waals surface area contributed by atoms with Crippen molar-refractivity contribution in [3.8, 4) is 0 Å². The van der Waals surface area contributed by atoms with E-state index in [2.05, 4.69) is 0 Å². The number of aliphatic hydroxyl groups is 1. The maximum absolute atomic E-state index is 11.4. The van der Waals surface area contributed by atoms with Crippen molar-refractivity contribution in [1.82, 2.24) is 0 Å². The van der Waals surface area contributed by atoms with Gasteiger partial charge in [0.05, 0.1) is 0 Å². The molecule has 0 spiro atoms. The third-order valence-corrected chi connectivity index (χ3v) is 2.42. The fourth-order valence-electron chi connectivity index (χ4n) is 1.24. The van der Waals surface area contributed by atoms with Gasteiger partial charge >= 0.3 is 0 Å². The molecule has 0 aliphatic rings. The van der Waals surface area contributed by atoms with E-state index in [0.717, 1.165) is 12.0 Å². The van der Waals surface area contributed by atoms with Crippen LogP contribution in [0.3, 0.4) is 0 Å². The van der Waals surface area contributed by atoms with E-state index in [9.17, 15) is 14.7 Å². The highest BCUT2D eigenvalue weighted by Gasteiger charge is 2.22. The van der Waals surface area contributed by atoms with Gasteiger partial charge in [-0.2, -0.15) is 0 Å². The summed E-state index contributed by atoms with van der Waals surface area (Å²) in [5.41, 5.74) is -0.140. The second-order valence-corrected chi connectivity index (χ2v) is 4.77. The molecule has 0 aromatic rings. The highest BCUT2D eigenvalue weighted by molar-refractivity contribution is 5.86. The number of ketones is 2. The van der Waals surface area contributed by atoms with Crippen molar-refractivity contribution < 1.29 is 14.7 Å². The highest BCUT2D eigenvalue weighted by atomic mass is 16.3. The monoisotopic (exact) mass is 226 g/mol. The predicted molar refractivity (Wildman–Crippen MR) is 64.2 cm³/mol. The molecule has 0 unspecified atom stereocenters. The maximum Gasteiger partial charge on any atom is 0.164 e. The standard InChI is InChI=1S/C13H22O3/c1-10(6-5-7-11(2)14)8-9-12(15)13(3,4)16/h6,16H,5,7-9H2,1-4H3. The molecule has 0 aliphatic carbocycles. The highest BCUT2D eigenvalue weighted by Crippen LogP contribution is 2.12. The Morgan fingerprint density at radius 1 is 1.12 bits per heavy atom. The van der Waals surface area contributed by atoms with E-state index in [0.29, 0.717) is 19.3 Å². The Morgan fingerprint density at radius 2 is 1.69 bits per heavy atom. The zero-order valence-electron chi connectivity index (χ0n) is 10.7. The van der Waals surface area contributed by atoms with Gasteiger partial charge in [-0.3, -0.25) is 4.79 Å². The van der Waals surface area contributed by atoms with Crippen LogP contribution >= 0.6 is 0 Å². The molecular weight excluding hydrogens is 204 g/mol. The molecule has 0 radical (unpaired) electrons. The van der Waals surface area contributed by atoms with Gasteiger partial charge in [0.25, 0.3) is 0 Å². The number of allylic oxidation sites excluding steroid dienone is 2. The van der Waals surface area contributed by atoms with Crippen molar-refractivity contribution in [2.75, 3.05) is 0 Å². The van der Waals surface area contributed by atoms with Crippen LogP contribution in [0.5, 0.6) is 0 Å². The van der Waals surface area contributed by atoms with Gasteiger partial charge in [-0.05, 0) is 40.5 Å². The van der Waals surface area contributed by atoms with Gasteiger partial charge in [-0.15, -0.1) is 0 Å². The zero-order chi connectivity index (χ0) is 12.8. The van der Waals surface area contributed by atoms with E-state index in [1.165, 1.54) is 13.8 Å². The van der Waals surface area contributed by atoms with Crippen LogP contribution in [0.2, 0.25) is 0 Å². The third-order valence-electron chi connectivity index (χ3n) is 2.42. The van der Waals surface area contributed by atoms with Gasteiger partial charge in [0, 0.05) is 12.8 Å². The number of carbonyl (C=O) groups excluding carboxylic acids is 2. The van der Waals surface area contributed by atoms with Crippen LogP contribution in [0.25, 0.3) is 0 Å². The van der Waals surface area contributed by atoms with Crippen molar-refractivity contribution >= 4 is 11.6 Å². The zero-order valence-corrected chi connectivity index (χ0v) is 10.7. The van der Waals surface area contributed by atoms with Crippen molar-refractivity contribution in [1.29, 1.82) is 0 Å². The average molecular weight is 226 g/mol. The normalized spacial score (nSPS) is 12.7. The second kappa shape index (κ2) is 6.59. The van der Waals surface area contributed by atoms with E-state index < -0.39 is 5.60 Å². The lowest BCUT2D eigenvalue weighted by Crippen LogP contribution is -2.30. The Hall–Kier alpha value is -0.960. The van der Waals surface area contributed by atoms with Crippen LogP contribution in [-0.2, 0) is 9.59 Å². The summed E-state index contributed by atoms with van der Waals surface area (Å²) in [7, 11) is 0. The van der Waals surface area contributed by atoms with E-state index in [1.807, 2.05) is 13.0 Å². The van der Waals surface area contributed by atoms with Gasteiger partial charge in [0.1, 0.15) is 11.4 Å². The third kappa shape index (κ3) is 7.35. The lowest BCUT2D eigenvalue weighted by molar-refractivity contribution is -0.134. The molecule has 3 nitrogen and oxygen atoms in total. The number of hydrogen-bond acceptors (Lipinski definition) is 3. The topological polar surface area (TPSA) is 54.4 Å². The fraction of sp³-hybridized carbons (Fsp3) is 0.692. The van der Waals surface area contributed by atoms with Crippen molar-refractivity contribution in [2.24, 2.45) is 0 Å². The first kappa shape index (κ1) is 15.0. The Labute approximate surface area is 97.5 Å². The molecule has 16 heavy (non-hydrogen) atoms. The summed E-state index contributed by atoms with van der Waals surface area (Å²) in [5, 5.41) is 9.43. The first-order chi connectivity index (χ1) is 7.23. The predicted octanol–water partition coefficient (Wildman–Crippen LogP) is 2.42. The molecule has 92 valence electrons. The minimum Gasteiger partial charge on any atom is -0.383 e. The Kier molecular flexibility index (Phi) is 6.19. The summed E-state index contributed by atoms with van der Waals surface area (Å²) in [6.07, 6.45) is 4.28. The van der Waals surface area contributed by atoms with Crippen LogP contribution in [0.4, 0.5) is 0 Å². The van der Waals surface area contributed by atoms with Crippen LogP contribution in [0, 0.1) is 0 Å². The molecule has 0 saturated heterocycles. The number of rotatable bonds is 7.